The lowest BCUT2D eigenvalue weighted by Crippen LogP contribution is -2.55. The van der Waals surface area contributed by atoms with Gasteiger partial charge in [0.05, 0.1) is 21.8 Å². The van der Waals surface area contributed by atoms with Crippen molar-refractivity contribution >= 4 is 102 Å². The fourth-order valence-corrected chi connectivity index (χ4v) is 13.8. The molecule has 3 aromatic carbocycles. The first-order chi connectivity index (χ1) is 33.5. The van der Waals surface area contributed by atoms with E-state index in [-0.39, 0.29) is 64.6 Å². The van der Waals surface area contributed by atoms with Gasteiger partial charge in [-0.05, 0) is 105 Å². The van der Waals surface area contributed by atoms with Crippen LogP contribution in [-0.2, 0) is 30.2 Å². The van der Waals surface area contributed by atoms with Gasteiger partial charge in [-0.2, -0.15) is 4.31 Å². The highest BCUT2D eigenvalue weighted by Crippen LogP contribution is 2.47. The van der Waals surface area contributed by atoms with Gasteiger partial charge in [0.2, 0.25) is 21.8 Å². The Bertz CT molecular complexity index is 3280. The number of anilines is 3. The number of fused-ring (bicyclic) bond motifs is 1. The number of hydrogen-bond acceptors (Lipinski definition) is 14. The zero-order chi connectivity index (χ0) is 49.2. The molecule has 4 N–H and O–H groups in total. The van der Waals surface area contributed by atoms with Crippen LogP contribution < -0.4 is 25.2 Å². The van der Waals surface area contributed by atoms with E-state index in [0.717, 1.165) is 40.5 Å². The Morgan fingerprint density at radius 2 is 1.73 bits per heavy atom. The van der Waals surface area contributed by atoms with Gasteiger partial charge in [-0.3, -0.25) is 24.6 Å². The molecular weight excluding hydrogens is 960 g/mol. The van der Waals surface area contributed by atoms with E-state index in [0.29, 0.717) is 75.9 Å². The maximum atomic E-state index is 14.2. The standard InChI is InChI=1S/C49H47ClN8O10S2/c1-49(2)23-29(51-28-6-3-5-27(21-28)44-42(50)43(68-24-40(60)61)45(69-44)48(64)65)17-20-57(49)70(66,67)25-30-9-11-34-35(52-30)22-38(55-54-34)56-18-15-26(16-19-56)31-10-12-36-41-32(31)7-4-8-33(41)47(63)58(36)37-13-14-39(59)53-46(37)62/h3-12,21-22,26,29,37,51H,13-20,23-25H2,1-2H3,(H,60,61)(H,64,65)(H,53,59,62). The van der Waals surface area contributed by atoms with Crippen molar-refractivity contribution < 1.29 is 47.3 Å². The predicted octanol–water partition coefficient (Wildman–Crippen LogP) is 7.06. The number of ether oxygens (including phenoxy) is 1. The van der Waals surface area contributed by atoms with Crippen LogP contribution >= 0.6 is 22.9 Å². The number of nitrogens with one attached hydrogen (secondary N) is 2. The van der Waals surface area contributed by atoms with Gasteiger partial charge in [-0.25, -0.2) is 23.0 Å². The summed E-state index contributed by atoms with van der Waals surface area (Å²) in [6.07, 6.45) is 3.04. The zero-order valence-corrected chi connectivity index (χ0v) is 40.4. The number of rotatable bonds is 13. The number of sulfonamides is 1. The summed E-state index contributed by atoms with van der Waals surface area (Å²) in [4.78, 5) is 70.1. The molecule has 4 aliphatic heterocycles. The molecule has 2 unspecified atom stereocenters. The summed E-state index contributed by atoms with van der Waals surface area (Å²) < 4.78 is 35.1. The molecule has 10 rings (SSSR count). The maximum Gasteiger partial charge on any atom is 0.349 e. The maximum absolute atomic E-state index is 14.2. The van der Waals surface area contributed by atoms with E-state index in [4.69, 9.17) is 26.4 Å². The van der Waals surface area contributed by atoms with Crippen molar-refractivity contribution in [2.75, 3.05) is 41.4 Å². The average Bonchev–Trinajstić information content (AvgIpc) is 3.81. The molecule has 0 aliphatic carbocycles. The number of imide groups is 1. The number of hydrogen-bond donors (Lipinski definition) is 4. The number of carboxylic acids is 2. The first-order valence-electron chi connectivity index (χ1n) is 22.8. The predicted molar refractivity (Wildman–Crippen MR) is 263 cm³/mol. The number of aliphatic carboxylic acids is 1. The third-order valence-corrected chi connectivity index (χ3v) is 17.3. The number of thiophene rings is 1. The Kier molecular flexibility index (Phi) is 12.2. The Hall–Kier alpha value is -6.74. The number of benzene rings is 3. The minimum Gasteiger partial charge on any atom is -0.479 e. The summed E-state index contributed by atoms with van der Waals surface area (Å²) in [5.74, 6) is -3.27. The van der Waals surface area contributed by atoms with E-state index < -0.39 is 46.1 Å². The molecule has 21 heteroatoms. The minimum atomic E-state index is -3.84. The van der Waals surface area contributed by atoms with Crippen LogP contribution in [0.3, 0.4) is 0 Å². The minimum absolute atomic E-state index is 0.00248. The van der Waals surface area contributed by atoms with E-state index in [9.17, 15) is 37.5 Å². The van der Waals surface area contributed by atoms with Crippen LogP contribution in [0.4, 0.5) is 17.2 Å². The number of carbonyl (C=O) groups is 5. The molecule has 7 heterocycles. The summed E-state index contributed by atoms with van der Waals surface area (Å²) in [5, 5.41) is 35.5. The first-order valence-corrected chi connectivity index (χ1v) is 25.6. The highest BCUT2D eigenvalue weighted by Gasteiger charge is 2.43. The van der Waals surface area contributed by atoms with Gasteiger partial charge in [-0.1, -0.05) is 41.9 Å². The second-order valence-corrected chi connectivity index (χ2v) is 22.0. The summed E-state index contributed by atoms with van der Waals surface area (Å²) in [7, 11) is -3.84. The third kappa shape index (κ3) is 8.77. The monoisotopic (exact) mass is 1010 g/mol. The summed E-state index contributed by atoms with van der Waals surface area (Å²) >= 11 is 7.43. The second-order valence-electron chi connectivity index (χ2n) is 18.7. The molecule has 3 aromatic heterocycles. The highest BCUT2D eigenvalue weighted by atomic mass is 35.5. The molecule has 70 heavy (non-hydrogen) atoms. The quantitative estimate of drug-likeness (QED) is 0.0847. The molecule has 0 radical (unpaired) electrons. The van der Waals surface area contributed by atoms with E-state index in [1.807, 2.05) is 50.2 Å². The van der Waals surface area contributed by atoms with Crippen molar-refractivity contribution in [2.45, 2.75) is 81.7 Å². The van der Waals surface area contributed by atoms with Gasteiger partial charge in [0.25, 0.3) is 5.91 Å². The number of aromatic carboxylic acids is 1. The number of halogens is 1. The van der Waals surface area contributed by atoms with Crippen LogP contribution in [0, 0.1) is 0 Å². The lowest BCUT2D eigenvalue weighted by Gasteiger charge is -2.44. The Morgan fingerprint density at radius 3 is 2.47 bits per heavy atom. The second kappa shape index (κ2) is 18.2. The molecule has 0 spiro atoms. The smallest absolute Gasteiger partial charge is 0.349 e. The Balaban J connectivity index is 0.788. The highest BCUT2D eigenvalue weighted by molar-refractivity contribution is 7.88. The molecule has 3 fully saturated rings. The Morgan fingerprint density at radius 1 is 0.943 bits per heavy atom. The fourth-order valence-electron chi connectivity index (χ4n) is 10.5. The molecule has 4 aliphatic rings. The summed E-state index contributed by atoms with van der Waals surface area (Å²) in [6, 6.07) is 21.3. The van der Waals surface area contributed by atoms with Crippen LogP contribution in [0.1, 0.15) is 89.6 Å². The summed E-state index contributed by atoms with van der Waals surface area (Å²) in [5.41, 5.74) is 4.38. The molecule has 0 bridgehead atoms. The number of carbonyl (C=O) groups excluding carboxylic acids is 3. The number of piperidine rings is 3. The molecule has 362 valence electrons. The number of aromatic nitrogens is 3. The molecule has 0 saturated carbocycles. The van der Waals surface area contributed by atoms with Crippen LogP contribution in [0.5, 0.6) is 5.75 Å². The van der Waals surface area contributed by atoms with E-state index in [2.05, 4.69) is 31.8 Å². The van der Waals surface area contributed by atoms with Gasteiger partial charge in [-0.15, -0.1) is 21.5 Å². The molecule has 3 amide bonds. The lowest BCUT2D eigenvalue weighted by atomic mass is 9.85. The van der Waals surface area contributed by atoms with Gasteiger partial charge in [0, 0.05) is 60.3 Å². The van der Waals surface area contributed by atoms with Crippen LogP contribution in [-0.4, -0.2) is 112 Å². The zero-order valence-electron chi connectivity index (χ0n) is 38.0. The molecule has 6 aromatic rings. The van der Waals surface area contributed by atoms with Crippen molar-refractivity contribution in [1.29, 1.82) is 0 Å². The van der Waals surface area contributed by atoms with Crippen LogP contribution in [0.25, 0.3) is 32.2 Å². The van der Waals surface area contributed by atoms with Crippen LogP contribution in [0.2, 0.25) is 5.02 Å². The van der Waals surface area contributed by atoms with Gasteiger partial charge in [0.1, 0.15) is 22.3 Å². The van der Waals surface area contributed by atoms with E-state index >= 15 is 0 Å². The van der Waals surface area contributed by atoms with E-state index in [1.165, 1.54) is 0 Å². The topological polar surface area (TPSA) is 242 Å². The normalized spacial score (nSPS) is 19.7. The van der Waals surface area contributed by atoms with Crippen molar-refractivity contribution in [3.05, 3.63) is 99.5 Å². The number of amides is 3. The number of carboxylic acid groups (broad SMARTS) is 2. The van der Waals surface area contributed by atoms with Gasteiger partial charge in [0.15, 0.2) is 23.1 Å². The van der Waals surface area contributed by atoms with Crippen molar-refractivity contribution in [1.82, 2.24) is 24.8 Å². The molecule has 18 nitrogen and oxygen atoms in total. The number of pyridine rings is 1. The molecule has 3 saturated heterocycles. The number of nitrogens with zero attached hydrogens (tertiary/aromatic N) is 6. The lowest BCUT2D eigenvalue weighted by molar-refractivity contribution is -0.139. The van der Waals surface area contributed by atoms with Crippen molar-refractivity contribution in [3.63, 3.8) is 0 Å². The molecular formula is C49H47ClN8O10S2. The van der Waals surface area contributed by atoms with Crippen LogP contribution in [0.15, 0.2) is 72.8 Å². The van der Waals surface area contributed by atoms with Crippen molar-refractivity contribution in [2.24, 2.45) is 0 Å². The largest absolute Gasteiger partial charge is 0.479 e. The fraction of sp³-hybridized carbons (Fsp3) is 0.347. The van der Waals surface area contributed by atoms with Gasteiger partial charge >= 0.3 is 11.9 Å². The van der Waals surface area contributed by atoms with E-state index in [1.54, 1.807) is 39.5 Å². The van der Waals surface area contributed by atoms with Crippen molar-refractivity contribution in [3.8, 4) is 16.2 Å². The van der Waals surface area contributed by atoms with Gasteiger partial charge < -0.3 is 25.2 Å². The third-order valence-electron chi connectivity index (χ3n) is 13.6. The first kappa shape index (κ1) is 47.0. The average molecular weight is 1010 g/mol. The Labute approximate surface area is 410 Å². The summed E-state index contributed by atoms with van der Waals surface area (Å²) in [6.45, 7) is 4.66. The SMILES string of the molecule is CC1(C)CC(Nc2cccc(-c3sc(C(=O)O)c(OCC(=O)O)c3Cl)c2)CCN1S(=O)(=O)Cc1ccc2nnc(N3CCC(c4ccc5c6c(cccc46)C(=O)N5C4CCC(=O)NC4=O)CC3)cc2n1. The molecule has 2 atom stereocenters.